The van der Waals surface area contributed by atoms with Crippen LogP contribution in [-0.2, 0) is 14.8 Å². The molecule has 5 nitrogen and oxygen atoms in total. The molecule has 1 N–H and O–H groups in total. The van der Waals surface area contributed by atoms with Crippen LogP contribution in [0.4, 0.5) is 0 Å². The quantitative estimate of drug-likeness (QED) is 0.877. The largest absolute Gasteiger partial charge is 0.465 e. The lowest BCUT2D eigenvalue weighted by Gasteiger charge is -2.17. The van der Waals surface area contributed by atoms with Crippen LogP contribution in [0.25, 0.3) is 0 Å². The zero-order valence-corrected chi connectivity index (χ0v) is 11.4. The van der Waals surface area contributed by atoms with E-state index in [0.717, 1.165) is 0 Å². The third-order valence-corrected chi connectivity index (χ3v) is 3.63. The summed E-state index contributed by atoms with van der Waals surface area (Å²) in [6.07, 6.45) is 0. The molecule has 0 aliphatic heterocycles. The van der Waals surface area contributed by atoms with Gasteiger partial charge in [-0.2, -0.15) is 0 Å². The van der Waals surface area contributed by atoms with Gasteiger partial charge in [-0.05, 0) is 13.8 Å². The molecule has 6 heteroatoms. The Kier molecular flexibility index (Phi) is 3.38. The van der Waals surface area contributed by atoms with Crippen LogP contribution in [-0.4, -0.2) is 14.3 Å². The molecule has 1 rings (SSSR count). The van der Waals surface area contributed by atoms with Gasteiger partial charge in [0.1, 0.15) is 16.4 Å². The van der Waals surface area contributed by atoms with E-state index in [4.69, 9.17) is 4.42 Å². The third-order valence-electron chi connectivity index (χ3n) is 2.19. The molecule has 0 bridgehead atoms. The van der Waals surface area contributed by atoms with Crippen molar-refractivity contribution in [1.29, 1.82) is 0 Å². The fourth-order valence-electron chi connectivity index (χ4n) is 1.20. The topological polar surface area (TPSA) is 76.4 Å². The van der Waals surface area contributed by atoms with Crippen molar-refractivity contribution in [3.8, 4) is 0 Å². The van der Waals surface area contributed by atoms with E-state index in [1.165, 1.54) is 6.07 Å². The Balaban J connectivity index is 3.06. The Morgan fingerprint density at radius 1 is 1.29 bits per heavy atom. The minimum absolute atomic E-state index is 0.00704. The van der Waals surface area contributed by atoms with E-state index >= 15 is 0 Å². The van der Waals surface area contributed by atoms with E-state index in [0.29, 0.717) is 5.76 Å². The number of carbonyl (C=O) groups is 1. The van der Waals surface area contributed by atoms with Gasteiger partial charge in [-0.25, -0.2) is 13.1 Å². The van der Waals surface area contributed by atoms with E-state index in [9.17, 15) is 13.2 Å². The molecule has 0 aliphatic carbocycles. The van der Waals surface area contributed by atoms with E-state index in [1.54, 1.807) is 34.6 Å². The lowest BCUT2D eigenvalue weighted by atomic mass is 9.96. The number of sulfonamides is 1. The average molecular weight is 259 g/mol. The second-order valence-corrected chi connectivity index (χ2v) is 6.61. The molecule has 0 spiro atoms. The number of aryl methyl sites for hydroxylation is 2. The second-order valence-electron chi connectivity index (χ2n) is 4.96. The molecular weight excluding hydrogens is 242 g/mol. The van der Waals surface area contributed by atoms with Gasteiger partial charge in [-0.3, -0.25) is 4.79 Å². The summed E-state index contributed by atoms with van der Waals surface area (Å²) in [7, 11) is -3.85. The van der Waals surface area contributed by atoms with Crippen LogP contribution in [0.5, 0.6) is 0 Å². The summed E-state index contributed by atoms with van der Waals surface area (Å²) in [6.45, 7) is 8.13. The average Bonchev–Trinajstić information content (AvgIpc) is 2.43. The maximum Gasteiger partial charge on any atom is 0.267 e. The van der Waals surface area contributed by atoms with Gasteiger partial charge in [-0.15, -0.1) is 0 Å². The molecule has 0 saturated heterocycles. The van der Waals surface area contributed by atoms with Crippen molar-refractivity contribution in [3.05, 3.63) is 17.6 Å². The number of carbonyl (C=O) groups excluding carboxylic acids is 1. The Labute approximate surface area is 101 Å². The van der Waals surface area contributed by atoms with E-state index in [1.807, 2.05) is 4.72 Å². The van der Waals surface area contributed by atoms with Crippen molar-refractivity contribution >= 4 is 15.9 Å². The van der Waals surface area contributed by atoms with Gasteiger partial charge in [0.25, 0.3) is 10.0 Å². The van der Waals surface area contributed by atoms with Crippen molar-refractivity contribution in [2.45, 2.75) is 39.5 Å². The molecule has 0 aromatic carbocycles. The van der Waals surface area contributed by atoms with Crippen LogP contribution in [0.2, 0.25) is 0 Å². The van der Waals surface area contributed by atoms with E-state index in [2.05, 4.69) is 0 Å². The van der Waals surface area contributed by atoms with Gasteiger partial charge in [-0.1, -0.05) is 20.8 Å². The molecule has 1 amide bonds. The number of rotatable bonds is 2. The van der Waals surface area contributed by atoms with Gasteiger partial charge < -0.3 is 4.42 Å². The fraction of sp³-hybridized carbons (Fsp3) is 0.545. The molecule has 0 radical (unpaired) electrons. The number of amides is 1. The molecule has 0 unspecified atom stereocenters. The normalized spacial score (nSPS) is 12.5. The number of nitrogens with one attached hydrogen (secondary N) is 1. The monoisotopic (exact) mass is 259 g/mol. The molecule has 96 valence electrons. The van der Waals surface area contributed by atoms with Crippen LogP contribution in [0, 0.1) is 19.3 Å². The Hall–Kier alpha value is -1.30. The molecule has 1 heterocycles. The summed E-state index contributed by atoms with van der Waals surface area (Å²) in [5.41, 5.74) is -0.764. The number of hydrogen-bond donors (Lipinski definition) is 1. The van der Waals surface area contributed by atoms with Gasteiger partial charge in [0.05, 0.1) is 0 Å². The van der Waals surface area contributed by atoms with Crippen LogP contribution in [0.15, 0.2) is 15.4 Å². The van der Waals surface area contributed by atoms with Gasteiger partial charge >= 0.3 is 0 Å². The minimum atomic E-state index is -3.85. The predicted octanol–water partition coefficient (Wildman–Crippen LogP) is 1.75. The maximum absolute atomic E-state index is 11.9. The first-order valence-corrected chi connectivity index (χ1v) is 6.66. The van der Waals surface area contributed by atoms with Crippen molar-refractivity contribution in [3.63, 3.8) is 0 Å². The lowest BCUT2D eigenvalue weighted by molar-refractivity contribution is -0.126. The van der Waals surface area contributed by atoms with Crippen molar-refractivity contribution in [1.82, 2.24) is 4.72 Å². The molecule has 1 aromatic heterocycles. The van der Waals surface area contributed by atoms with Gasteiger partial charge in [0.2, 0.25) is 5.91 Å². The van der Waals surface area contributed by atoms with Crippen molar-refractivity contribution in [2.75, 3.05) is 0 Å². The zero-order chi connectivity index (χ0) is 13.4. The molecule has 0 saturated carbocycles. The lowest BCUT2D eigenvalue weighted by Crippen LogP contribution is -2.38. The van der Waals surface area contributed by atoms with Crippen LogP contribution in [0.1, 0.15) is 32.3 Å². The van der Waals surface area contributed by atoms with Crippen LogP contribution >= 0.6 is 0 Å². The molecular formula is C11H17NO4S. The number of furan rings is 1. The zero-order valence-electron chi connectivity index (χ0n) is 10.6. The summed E-state index contributed by atoms with van der Waals surface area (Å²) in [6, 6.07) is 1.40. The Morgan fingerprint density at radius 3 is 2.18 bits per heavy atom. The maximum atomic E-state index is 11.9. The third kappa shape index (κ3) is 3.09. The SMILES string of the molecule is Cc1cc(S(=O)(=O)NC(=O)C(C)(C)C)c(C)o1. The van der Waals surface area contributed by atoms with Crippen molar-refractivity contribution in [2.24, 2.45) is 5.41 Å². The summed E-state index contributed by atoms with van der Waals surface area (Å²) in [5, 5.41) is 0. The van der Waals surface area contributed by atoms with E-state index in [-0.39, 0.29) is 10.7 Å². The standard InChI is InChI=1S/C11H17NO4S/c1-7-6-9(8(2)16-7)17(14,15)12-10(13)11(3,4)5/h6H,1-5H3,(H,12,13). The molecule has 1 aromatic rings. The van der Waals surface area contributed by atoms with Crippen LogP contribution in [0.3, 0.4) is 0 Å². The number of hydrogen-bond acceptors (Lipinski definition) is 4. The first-order chi connectivity index (χ1) is 7.54. The molecule has 0 fully saturated rings. The first kappa shape index (κ1) is 13.8. The predicted molar refractivity (Wildman–Crippen MR) is 63.0 cm³/mol. The Morgan fingerprint density at radius 2 is 1.82 bits per heavy atom. The molecule has 0 atom stereocenters. The highest BCUT2D eigenvalue weighted by molar-refractivity contribution is 7.90. The highest BCUT2D eigenvalue weighted by atomic mass is 32.2. The molecule has 17 heavy (non-hydrogen) atoms. The highest BCUT2D eigenvalue weighted by Crippen LogP contribution is 2.21. The fourth-order valence-corrected chi connectivity index (χ4v) is 2.61. The summed E-state index contributed by atoms with van der Waals surface area (Å²) in [4.78, 5) is 11.7. The minimum Gasteiger partial charge on any atom is -0.465 e. The summed E-state index contributed by atoms with van der Waals surface area (Å²) < 4.78 is 31.0. The summed E-state index contributed by atoms with van der Waals surface area (Å²) >= 11 is 0. The van der Waals surface area contributed by atoms with Gasteiger partial charge in [0.15, 0.2) is 0 Å². The molecule has 0 aliphatic rings. The van der Waals surface area contributed by atoms with Gasteiger partial charge in [0, 0.05) is 11.5 Å². The Bertz CT molecular complexity index is 534. The van der Waals surface area contributed by atoms with E-state index < -0.39 is 21.3 Å². The first-order valence-electron chi connectivity index (χ1n) is 5.18. The highest BCUT2D eigenvalue weighted by Gasteiger charge is 2.29. The van der Waals surface area contributed by atoms with Crippen LogP contribution < -0.4 is 4.72 Å². The van der Waals surface area contributed by atoms with Crippen molar-refractivity contribution < 1.29 is 17.6 Å². The smallest absolute Gasteiger partial charge is 0.267 e. The second kappa shape index (κ2) is 4.18. The summed E-state index contributed by atoms with van der Waals surface area (Å²) in [5.74, 6) is 0.221.